The van der Waals surface area contributed by atoms with Crippen molar-refractivity contribution in [2.45, 2.75) is 18.8 Å². The van der Waals surface area contributed by atoms with Crippen LogP contribution in [0.1, 0.15) is 24.5 Å². The van der Waals surface area contributed by atoms with Crippen LogP contribution < -0.4 is 5.43 Å². The van der Waals surface area contributed by atoms with Crippen LogP contribution in [0, 0.1) is 23.1 Å². The Balaban J connectivity index is 2.48. The molecule has 1 fully saturated rings. The third-order valence-corrected chi connectivity index (χ3v) is 2.93. The van der Waals surface area contributed by atoms with E-state index >= 15 is 0 Å². The molecule has 1 saturated carbocycles. The van der Waals surface area contributed by atoms with Crippen molar-refractivity contribution in [2.75, 3.05) is 0 Å². The Morgan fingerprint density at radius 1 is 1.67 bits per heavy atom. The van der Waals surface area contributed by atoms with Gasteiger partial charge in [-0.05, 0) is 18.8 Å². The lowest BCUT2D eigenvalue weighted by Crippen LogP contribution is -2.14. The van der Waals surface area contributed by atoms with Gasteiger partial charge in [-0.15, -0.1) is 0 Å². The van der Waals surface area contributed by atoms with Gasteiger partial charge in [-0.2, -0.15) is 5.26 Å². The summed E-state index contributed by atoms with van der Waals surface area (Å²) in [6, 6.07) is 2.09. The maximum absolute atomic E-state index is 12.8. The first-order valence-electron chi connectivity index (χ1n) is 4.61. The summed E-state index contributed by atoms with van der Waals surface area (Å²) in [5, 5.41) is 8.75. The van der Waals surface area contributed by atoms with Crippen LogP contribution in [0.25, 0.3) is 0 Å². The van der Waals surface area contributed by atoms with E-state index in [4.69, 9.17) is 16.9 Å². The number of pyridine rings is 1. The fraction of sp³-hybridized carbons (Fsp3) is 0.400. The number of hydrogen-bond acceptors (Lipinski definition) is 2. The van der Waals surface area contributed by atoms with E-state index in [0.29, 0.717) is 5.69 Å². The van der Waals surface area contributed by atoms with E-state index in [0.717, 1.165) is 19.0 Å². The highest BCUT2D eigenvalue weighted by molar-refractivity contribution is 6.31. The van der Waals surface area contributed by atoms with Gasteiger partial charge in [0.1, 0.15) is 5.02 Å². The minimum atomic E-state index is -0.920. The van der Waals surface area contributed by atoms with Crippen LogP contribution in [0.15, 0.2) is 11.0 Å². The number of rotatable bonds is 2. The second kappa shape index (κ2) is 3.67. The van der Waals surface area contributed by atoms with Crippen LogP contribution in [0.3, 0.4) is 0 Å². The van der Waals surface area contributed by atoms with Crippen LogP contribution in [-0.2, 0) is 0 Å². The van der Waals surface area contributed by atoms with Gasteiger partial charge in [0, 0.05) is 6.20 Å². The van der Waals surface area contributed by atoms with Gasteiger partial charge >= 0.3 is 0 Å². The van der Waals surface area contributed by atoms with Gasteiger partial charge in [-0.25, -0.2) is 4.39 Å². The van der Waals surface area contributed by atoms with E-state index in [1.807, 2.05) is 0 Å². The molecule has 0 spiro atoms. The normalized spacial score (nSPS) is 17.1. The summed E-state index contributed by atoms with van der Waals surface area (Å²) in [5.74, 6) is -1.10. The predicted molar refractivity (Wildman–Crippen MR) is 53.1 cm³/mol. The summed E-state index contributed by atoms with van der Waals surface area (Å²) >= 11 is 5.71. The molecule has 3 nitrogen and oxygen atoms in total. The Bertz CT molecular complexity index is 487. The maximum atomic E-state index is 12.8. The first kappa shape index (κ1) is 10.2. The lowest BCUT2D eigenvalue weighted by molar-refractivity contribution is 0.604. The second-order valence-electron chi connectivity index (χ2n) is 3.64. The molecule has 0 amide bonds. The first-order valence-corrected chi connectivity index (χ1v) is 4.99. The second-order valence-corrected chi connectivity index (χ2v) is 4.02. The minimum absolute atomic E-state index is 0.201. The van der Waals surface area contributed by atoms with Crippen molar-refractivity contribution in [1.29, 1.82) is 5.26 Å². The van der Waals surface area contributed by atoms with E-state index in [1.165, 1.54) is 0 Å². The molecule has 15 heavy (non-hydrogen) atoms. The highest BCUT2D eigenvalue weighted by Crippen LogP contribution is 2.42. The van der Waals surface area contributed by atoms with Crippen molar-refractivity contribution in [2.24, 2.45) is 5.92 Å². The number of H-pyrrole nitrogens is 1. The Morgan fingerprint density at radius 3 is 2.87 bits per heavy atom. The zero-order valence-corrected chi connectivity index (χ0v) is 8.51. The number of nitrogens with zero attached hydrogens (tertiary/aromatic N) is 1. The molecule has 1 aromatic heterocycles. The van der Waals surface area contributed by atoms with Crippen molar-refractivity contribution in [3.8, 4) is 6.07 Å². The molecule has 5 heteroatoms. The van der Waals surface area contributed by atoms with Crippen molar-refractivity contribution in [3.05, 3.63) is 33.0 Å². The van der Waals surface area contributed by atoms with Crippen LogP contribution in [-0.4, -0.2) is 4.98 Å². The molecule has 1 aliphatic rings. The van der Waals surface area contributed by atoms with Crippen LogP contribution in [0.5, 0.6) is 0 Å². The number of nitrogens with one attached hydrogen (secondary N) is 1. The summed E-state index contributed by atoms with van der Waals surface area (Å²) in [7, 11) is 0. The molecule has 0 saturated heterocycles. The molecule has 1 N–H and O–H groups in total. The van der Waals surface area contributed by atoms with E-state index < -0.39 is 17.2 Å². The average molecular weight is 227 g/mol. The van der Waals surface area contributed by atoms with E-state index in [1.54, 1.807) is 0 Å². The zero-order valence-electron chi connectivity index (χ0n) is 7.76. The Labute approximate surface area is 90.5 Å². The molecule has 78 valence electrons. The summed E-state index contributed by atoms with van der Waals surface area (Å²) in [5.41, 5.74) is -0.501. The first-order chi connectivity index (χ1) is 7.15. The Hall–Kier alpha value is -1.34. The molecule has 0 aliphatic heterocycles. The standard InChI is InChI=1S/C10H8ClFN2O/c11-8-9(6(3-13)5-1-2-5)14-4-7(12)10(8)15/h4-6H,1-2H2,(H,14,15). The average Bonchev–Trinajstić information content (AvgIpc) is 3.03. The quantitative estimate of drug-likeness (QED) is 0.840. The fourth-order valence-electron chi connectivity index (χ4n) is 1.56. The lowest BCUT2D eigenvalue weighted by Gasteiger charge is -2.09. The number of nitriles is 1. The monoisotopic (exact) mass is 226 g/mol. The summed E-state index contributed by atoms with van der Waals surface area (Å²) < 4.78 is 12.8. The van der Waals surface area contributed by atoms with Gasteiger partial charge in [0.15, 0.2) is 5.82 Å². The van der Waals surface area contributed by atoms with Crippen molar-refractivity contribution in [3.63, 3.8) is 0 Å². The zero-order chi connectivity index (χ0) is 11.0. The van der Waals surface area contributed by atoms with Crippen LogP contribution in [0.4, 0.5) is 4.39 Å². The molecule has 1 aromatic rings. The third kappa shape index (κ3) is 1.75. The highest BCUT2D eigenvalue weighted by Gasteiger charge is 2.34. The topological polar surface area (TPSA) is 56.6 Å². The molecular weight excluding hydrogens is 219 g/mol. The molecule has 1 heterocycles. The molecular formula is C10H8ClFN2O. The summed E-state index contributed by atoms with van der Waals surface area (Å²) in [6.45, 7) is 0. The summed E-state index contributed by atoms with van der Waals surface area (Å²) in [4.78, 5) is 13.8. The Morgan fingerprint density at radius 2 is 2.33 bits per heavy atom. The molecule has 1 unspecified atom stereocenters. The smallest absolute Gasteiger partial charge is 0.236 e. The van der Waals surface area contributed by atoms with Gasteiger partial charge in [-0.3, -0.25) is 4.79 Å². The van der Waals surface area contributed by atoms with Gasteiger partial charge in [0.25, 0.3) is 0 Å². The number of aromatic amines is 1. The molecule has 0 aromatic carbocycles. The van der Waals surface area contributed by atoms with E-state index in [9.17, 15) is 9.18 Å². The number of halogens is 2. The SMILES string of the molecule is N#CC(c1[nH]cc(F)c(=O)c1Cl)C1CC1. The van der Waals surface area contributed by atoms with E-state index in [-0.39, 0.29) is 10.9 Å². The third-order valence-electron chi connectivity index (χ3n) is 2.55. The van der Waals surface area contributed by atoms with Crippen LogP contribution in [0.2, 0.25) is 5.02 Å². The van der Waals surface area contributed by atoms with Gasteiger partial charge in [0.2, 0.25) is 5.43 Å². The predicted octanol–water partition coefficient (Wildman–Crippen LogP) is 2.18. The Kier molecular flexibility index (Phi) is 2.49. The molecule has 1 atom stereocenters. The fourth-order valence-corrected chi connectivity index (χ4v) is 1.82. The molecule has 2 rings (SSSR count). The largest absolute Gasteiger partial charge is 0.360 e. The van der Waals surface area contributed by atoms with Crippen molar-refractivity contribution >= 4 is 11.6 Å². The summed E-state index contributed by atoms with van der Waals surface area (Å²) in [6.07, 6.45) is 2.86. The molecule has 0 bridgehead atoms. The maximum Gasteiger partial charge on any atom is 0.236 e. The van der Waals surface area contributed by atoms with Crippen LogP contribution >= 0.6 is 11.6 Å². The molecule has 1 aliphatic carbocycles. The van der Waals surface area contributed by atoms with Gasteiger partial charge in [0.05, 0.1) is 17.7 Å². The van der Waals surface area contributed by atoms with Gasteiger partial charge < -0.3 is 4.98 Å². The number of aromatic nitrogens is 1. The van der Waals surface area contributed by atoms with Crippen molar-refractivity contribution in [1.82, 2.24) is 4.98 Å². The number of hydrogen-bond donors (Lipinski definition) is 1. The van der Waals surface area contributed by atoms with Gasteiger partial charge in [-0.1, -0.05) is 11.6 Å². The lowest BCUT2D eigenvalue weighted by atomic mass is 10.0. The highest BCUT2D eigenvalue weighted by atomic mass is 35.5. The minimum Gasteiger partial charge on any atom is -0.360 e. The molecule has 0 radical (unpaired) electrons. The van der Waals surface area contributed by atoms with Crippen molar-refractivity contribution < 1.29 is 4.39 Å². The van der Waals surface area contributed by atoms with E-state index in [2.05, 4.69) is 11.1 Å².